The lowest BCUT2D eigenvalue weighted by Crippen LogP contribution is -2.49. The van der Waals surface area contributed by atoms with Gasteiger partial charge in [0.05, 0.1) is 29.6 Å². The van der Waals surface area contributed by atoms with E-state index in [1.54, 1.807) is 36.2 Å². The Labute approximate surface area is 182 Å². The van der Waals surface area contributed by atoms with Crippen LogP contribution in [0.25, 0.3) is 0 Å². The van der Waals surface area contributed by atoms with E-state index >= 15 is 0 Å². The molecule has 9 nitrogen and oxygen atoms in total. The van der Waals surface area contributed by atoms with E-state index in [9.17, 15) is 14.7 Å². The van der Waals surface area contributed by atoms with Gasteiger partial charge in [0.1, 0.15) is 11.8 Å². The number of anilines is 1. The van der Waals surface area contributed by atoms with E-state index in [4.69, 9.17) is 4.74 Å². The van der Waals surface area contributed by atoms with Crippen LogP contribution in [-0.4, -0.2) is 70.5 Å². The Kier molecular flexibility index (Phi) is 6.97. The number of aliphatic hydroxyl groups excluding tert-OH is 1. The summed E-state index contributed by atoms with van der Waals surface area (Å²) in [4.78, 5) is 27.9. The Hall–Kier alpha value is -2.91. The molecule has 3 N–H and O–H groups in total. The highest BCUT2D eigenvalue weighted by atomic mass is 16.5. The highest BCUT2D eigenvalue weighted by Gasteiger charge is 2.34. The van der Waals surface area contributed by atoms with Crippen LogP contribution in [0.2, 0.25) is 0 Å². The van der Waals surface area contributed by atoms with E-state index in [-0.39, 0.29) is 36.5 Å². The number of aliphatic hydroxyl groups is 1. The van der Waals surface area contributed by atoms with Gasteiger partial charge in [0.15, 0.2) is 5.75 Å². The Bertz CT molecular complexity index is 957. The van der Waals surface area contributed by atoms with Crippen molar-refractivity contribution in [3.05, 3.63) is 41.2 Å². The van der Waals surface area contributed by atoms with E-state index in [1.807, 2.05) is 27.8 Å². The van der Waals surface area contributed by atoms with Gasteiger partial charge in [-0.3, -0.25) is 14.3 Å². The Morgan fingerprint density at radius 1 is 1.42 bits per heavy atom. The molecule has 0 fully saturated rings. The molecule has 0 unspecified atom stereocenters. The van der Waals surface area contributed by atoms with Gasteiger partial charge in [0.25, 0.3) is 11.8 Å². The molecule has 168 valence electrons. The SMILES string of the molecule is CNC[C@H]1Oc2c(NC(=O)c3cc(C)nn3C)cccc2C(=O)N([C@H](C)CO)C[C@@H]1C. The molecule has 2 amide bonds. The van der Waals surface area contributed by atoms with Crippen LogP contribution >= 0.6 is 0 Å². The molecule has 1 aromatic heterocycles. The number of benzene rings is 1. The van der Waals surface area contributed by atoms with Crippen LogP contribution in [0.3, 0.4) is 0 Å². The number of hydrogen-bond acceptors (Lipinski definition) is 6. The third-order valence-corrected chi connectivity index (χ3v) is 5.58. The zero-order valence-corrected chi connectivity index (χ0v) is 18.7. The van der Waals surface area contributed by atoms with Gasteiger partial charge in [-0.05, 0) is 39.1 Å². The van der Waals surface area contributed by atoms with Crippen molar-refractivity contribution in [1.82, 2.24) is 20.0 Å². The molecule has 3 rings (SSSR count). The second-order valence-electron chi connectivity index (χ2n) is 8.11. The number of aryl methyl sites for hydroxylation is 2. The Morgan fingerprint density at radius 2 is 2.16 bits per heavy atom. The third-order valence-electron chi connectivity index (χ3n) is 5.58. The molecule has 0 saturated heterocycles. The van der Waals surface area contributed by atoms with E-state index in [0.717, 1.165) is 5.69 Å². The molecule has 31 heavy (non-hydrogen) atoms. The second kappa shape index (κ2) is 9.49. The molecule has 0 aliphatic carbocycles. The molecular formula is C22H31N5O4. The highest BCUT2D eigenvalue weighted by Crippen LogP contribution is 2.35. The molecule has 9 heteroatoms. The summed E-state index contributed by atoms with van der Waals surface area (Å²) >= 11 is 0. The zero-order chi connectivity index (χ0) is 22.7. The molecular weight excluding hydrogens is 398 g/mol. The van der Waals surface area contributed by atoms with Gasteiger partial charge in [-0.1, -0.05) is 13.0 Å². The minimum Gasteiger partial charge on any atom is -0.486 e. The molecule has 1 aromatic carbocycles. The lowest BCUT2D eigenvalue weighted by atomic mass is 9.99. The lowest BCUT2D eigenvalue weighted by molar-refractivity contribution is 0.0417. The maximum absolute atomic E-state index is 13.4. The first-order valence-electron chi connectivity index (χ1n) is 10.4. The predicted molar refractivity (Wildman–Crippen MR) is 117 cm³/mol. The number of likely N-dealkylation sites (N-methyl/N-ethyl adjacent to an activating group) is 1. The first kappa shape index (κ1) is 22.8. The summed E-state index contributed by atoms with van der Waals surface area (Å²) in [5.74, 6) is -0.240. The number of aromatic nitrogens is 2. The predicted octanol–water partition coefficient (Wildman–Crippen LogP) is 1.42. The van der Waals surface area contributed by atoms with Gasteiger partial charge in [-0.15, -0.1) is 0 Å². The minimum absolute atomic E-state index is 0.00188. The third kappa shape index (κ3) is 4.72. The first-order valence-corrected chi connectivity index (χ1v) is 10.4. The molecule has 2 aromatic rings. The summed E-state index contributed by atoms with van der Waals surface area (Å²) in [6, 6.07) is 6.47. The number of hydrogen-bond donors (Lipinski definition) is 3. The number of amides is 2. The first-order chi connectivity index (χ1) is 14.8. The van der Waals surface area contributed by atoms with Gasteiger partial charge in [-0.2, -0.15) is 5.10 Å². The summed E-state index contributed by atoms with van der Waals surface area (Å²) in [5.41, 5.74) is 1.91. The quantitative estimate of drug-likeness (QED) is 0.641. The number of carbonyl (C=O) groups excluding carboxylic acids is 2. The number of fused-ring (bicyclic) bond motifs is 1. The number of ether oxygens (including phenoxy) is 1. The van der Waals surface area contributed by atoms with Crippen LogP contribution in [0.4, 0.5) is 5.69 Å². The summed E-state index contributed by atoms with van der Waals surface area (Å²) < 4.78 is 7.83. The maximum Gasteiger partial charge on any atom is 0.274 e. The largest absolute Gasteiger partial charge is 0.486 e. The lowest BCUT2D eigenvalue weighted by Gasteiger charge is -2.37. The van der Waals surface area contributed by atoms with Crippen molar-refractivity contribution in [2.75, 3.05) is 32.1 Å². The van der Waals surface area contributed by atoms with Crippen molar-refractivity contribution in [2.24, 2.45) is 13.0 Å². The van der Waals surface area contributed by atoms with Gasteiger partial charge < -0.3 is 25.4 Å². The minimum atomic E-state index is -0.341. The van der Waals surface area contributed by atoms with Crippen LogP contribution in [0.15, 0.2) is 24.3 Å². The van der Waals surface area contributed by atoms with Crippen molar-refractivity contribution in [1.29, 1.82) is 0 Å². The van der Waals surface area contributed by atoms with Crippen LogP contribution in [0.1, 0.15) is 40.4 Å². The number of carbonyl (C=O) groups is 2. The van der Waals surface area contributed by atoms with E-state index in [2.05, 4.69) is 15.7 Å². The van der Waals surface area contributed by atoms with E-state index in [1.165, 1.54) is 4.68 Å². The number of para-hydroxylation sites is 1. The van der Waals surface area contributed by atoms with Crippen molar-refractivity contribution in [3.63, 3.8) is 0 Å². The molecule has 1 aliphatic rings. The van der Waals surface area contributed by atoms with Gasteiger partial charge >= 0.3 is 0 Å². The summed E-state index contributed by atoms with van der Waals surface area (Å²) in [5, 5.41) is 19.9. The summed E-state index contributed by atoms with van der Waals surface area (Å²) in [7, 11) is 3.55. The zero-order valence-electron chi connectivity index (χ0n) is 18.7. The topological polar surface area (TPSA) is 109 Å². The monoisotopic (exact) mass is 429 g/mol. The Morgan fingerprint density at radius 3 is 2.77 bits per heavy atom. The number of nitrogens with zero attached hydrogens (tertiary/aromatic N) is 3. The molecule has 2 heterocycles. The number of rotatable bonds is 6. The molecule has 0 saturated carbocycles. The molecule has 3 atom stereocenters. The fourth-order valence-electron chi connectivity index (χ4n) is 3.80. The molecule has 1 aliphatic heterocycles. The second-order valence-corrected chi connectivity index (χ2v) is 8.11. The van der Waals surface area contributed by atoms with Crippen LogP contribution in [0.5, 0.6) is 5.75 Å². The average Bonchev–Trinajstić information content (AvgIpc) is 3.08. The van der Waals surface area contributed by atoms with Crippen molar-refractivity contribution >= 4 is 17.5 Å². The van der Waals surface area contributed by atoms with Crippen molar-refractivity contribution < 1.29 is 19.4 Å². The van der Waals surface area contributed by atoms with E-state index in [0.29, 0.717) is 35.8 Å². The fourth-order valence-corrected chi connectivity index (χ4v) is 3.80. The van der Waals surface area contributed by atoms with Crippen LogP contribution < -0.4 is 15.4 Å². The van der Waals surface area contributed by atoms with Crippen molar-refractivity contribution in [3.8, 4) is 5.75 Å². The fraction of sp³-hybridized carbons (Fsp3) is 0.500. The number of nitrogens with one attached hydrogen (secondary N) is 2. The van der Waals surface area contributed by atoms with Crippen molar-refractivity contribution in [2.45, 2.75) is 32.9 Å². The molecule has 0 spiro atoms. The Balaban J connectivity index is 2.04. The van der Waals surface area contributed by atoms with Crippen LogP contribution in [0, 0.1) is 12.8 Å². The molecule has 0 bridgehead atoms. The smallest absolute Gasteiger partial charge is 0.274 e. The van der Waals surface area contributed by atoms with Gasteiger partial charge in [-0.25, -0.2) is 0 Å². The van der Waals surface area contributed by atoms with E-state index < -0.39 is 0 Å². The van der Waals surface area contributed by atoms with Gasteiger partial charge in [0, 0.05) is 26.1 Å². The normalized spacial score (nSPS) is 19.8. The summed E-state index contributed by atoms with van der Waals surface area (Å²) in [6.07, 6.45) is -0.234. The maximum atomic E-state index is 13.4. The highest BCUT2D eigenvalue weighted by molar-refractivity contribution is 6.06. The van der Waals surface area contributed by atoms with Crippen LogP contribution in [-0.2, 0) is 7.05 Å². The molecule has 0 radical (unpaired) electrons. The summed E-state index contributed by atoms with van der Waals surface area (Å²) in [6.45, 7) is 6.53. The van der Waals surface area contributed by atoms with Gasteiger partial charge in [0.2, 0.25) is 0 Å². The standard InChI is InChI=1S/C22H31N5O4/c1-13-11-27(15(3)12-28)22(30)16-7-6-8-17(20(16)31-19(13)10-23-4)24-21(29)18-9-14(2)25-26(18)5/h6-9,13,15,19,23,28H,10-12H2,1-5H3,(H,24,29)/t13-,15+,19+/m0/s1. The average molecular weight is 430 g/mol.